The van der Waals surface area contributed by atoms with Gasteiger partial charge in [0.1, 0.15) is 0 Å². The van der Waals surface area contributed by atoms with E-state index in [9.17, 15) is 4.79 Å². The lowest BCUT2D eigenvalue weighted by Gasteiger charge is -2.16. The monoisotopic (exact) mass is 279 g/mol. The Hall–Kier alpha value is -2.42. The van der Waals surface area contributed by atoms with Crippen LogP contribution in [0.3, 0.4) is 0 Å². The molecule has 0 radical (unpaired) electrons. The second kappa shape index (κ2) is 5.92. The highest BCUT2D eigenvalue weighted by atomic mass is 16.7. The fourth-order valence-corrected chi connectivity index (χ4v) is 2.62. The van der Waals surface area contributed by atoms with Gasteiger partial charge < -0.3 is 4.84 Å². The van der Waals surface area contributed by atoms with E-state index in [0.29, 0.717) is 5.56 Å². The summed E-state index contributed by atoms with van der Waals surface area (Å²) in [7, 11) is 0. The van der Waals surface area contributed by atoms with Crippen LogP contribution in [0.25, 0.3) is 0 Å². The molecular weight excluding hydrogens is 262 g/mol. The van der Waals surface area contributed by atoms with Crippen molar-refractivity contribution in [3.05, 3.63) is 70.8 Å². The van der Waals surface area contributed by atoms with Crippen molar-refractivity contribution in [3.8, 4) is 0 Å². The van der Waals surface area contributed by atoms with Crippen LogP contribution in [-0.2, 0) is 11.3 Å². The van der Waals surface area contributed by atoms with Crippen molar-refractivity contribution in [2.24, 2.45) is 5.16 Å². The largest absolute Gasteiger partial charge is 0.365 e. The Kier molecular flexibility index (Phi) is 3.82. The van der Waals surface area contributed by atoms with E-state index >= 15 is 0 Å². The minimum Gasteiger partial charge on any atom is -0.313 e. The Morgan fingerprint density at radius 3 is 2.81 bits per heavy atom. The first-order valence-corrected chi connectivity index (χ1v) is 7.17. The lowest BCUT2D eigenvalue weighted by molar-refractivity contribution is 0.0515. The molecule has 106 valence electrons. The van der Waals surface area contributed by atoms with Gasteiger partial charge in [0, 0.05) is 5.56 Å². The Labute approximate surface area is 124 Å². The van der Waals surface area contributed by atoms with E-state index in [2.05, 4.69) is 11.2 Å². The molecule has 0 unspecified atom stereocenters. The highest BCUT2D eigenvalue weighted by Gasteiger charge is 2.16. The van der Waals surface area contributed by atoms with Crippen LogP contribution in [0.2, 0.25) is 0 Å². The molecule has 2 aromatic rings. The summed E-state index contributed by atoms with van der Waals surface area (Å²) in [5, 5.41) is 4.10. The van der Waals surface area contributed by atoms with Crippen LogP contribution in [0.15, 0.2) is 53.7 Å². The van der Waals surface area contributed by atoms with Crippen molar-refractivity contribution in [3.63, 3.8) is 0 Å². The van der Waals surface area contributed by atoms with Gasteiger partial charge in [0.15, 0.2) is 0 Å². The Morgan fingerprint density at radius 2 is 1.95 bits per heavy atom. The smallest absolute Gasteiger partial charge is 0.313 e. The zero-order chi connectivity index (χ0) is 14.7. The van der Waals surface area contributed by atoms with Crippen molar-refractivity contribution in [1.29, 1.82) is 0 Å². The second-order valence-electron chi connectivity index (χ2n) is 5.30. The predicted molar refractivity (Wildman–Crippen MR) is 82.5 cm³/mol. The quantitative estimate of drug-likeness (QED) is 0.618. The number of oxime groups is 1. The molecule has 0 spiro atoms. The van der Waals surface area contributed by atoms with Gasteiger partial charge in [-0.3, -0.25) is 0 Å². The minimum absolute atomic E-state index is 0.408. The first-order chi connectivity index (χ1) is 10.2. The summed E-state index contributed by atoms with van der Waals surface area (Å²) in [5.74, 6) is -0.408. The van der Waals surface area contributed by atoms with Crippen molar-refractivity contribution in [2.45, 2.75) is 26.2 Å². The van der Waals surface area contributed by atoms with Gasteiger partial charge in [-0.2, -0.15) is 0 Å². The highest BCUT2D eigenvalue weighted by Crippen LogP contribution is 2.21. The van der Waals surface area contributed by atoms with E-state index in [0.717, 1.165) is 36.1 Å². The summed E-state index contributed by atoms with van der Waals surface area (Å²) in [6.45, 7) is 1.94. The highest BCUT2D eigenvalue weighted by molar-refractivity contribution is 6.03. The van der Waals surface area contributed by atoms with E-state index < -0.39 is 5.97 Å². The van der Waals surface area contributed by atoms with Crippen molar-refractivity contribution >= 4 is 11.7 Å². The van der Waals surface area contributed by atoms with Gasteiger partial charge in [0.25, 0.3) is 0 Å². The standard InChI is InChI=1S/C18H17NO2/c1-13-6-4-9-15(12-13)18(20)21-19-17-11-5-8-14-7-2-3-10-16(14)17/h2-4,6-7,9-10,12H,5,8,11H2,1H3/b19-17-. The summed E-state index contributed by atoms with van der Waals surface area (Å²) in [6, 6.07) is 15.5. The average Bonchev–Trinajstić information content (AvgIpc) is 2.52. The first-order valence-electron chi connectivity index (χ1n) is 7.17. The summed E-state index contributed by atoms with van der Waals surface area (Å²) >= 11 is 0. The number of aryl methyl sites for hydroxylation is 2. The van der Waals surface area contributed by atoms with Gasteiger partial charge in [-0.15, -0.1) is 0 Å². The zero-order valence-corrected chi connectivity index (χ0v) is 12.0. The van der Waals surface area contributed by atoms with Crippen LogP contribution in [0, 0.1) is 6.92 Å². The molecule has 0 heterocycles. The lowest BCUT2D eigenvalue weighted by atomic mass is 9.90. The Balaban J connectivity index is 1.79. The van der Waals surface area contributed by atoms with Crippen molar-refractivity contribution < 1.29 is 9.63 Å². The normalized spacial score (nSPS) is 15.6. The van der Waals surface area contributed by atoms with Crippen LogP contribution in [0.4, 0.5) is 0 Å². The molecule has 0 fully saturated rings. The topological polar surface area (TPSA) is 38.7 Å². The third-order valence-electron chi connectivity index (χ3n) is 3.68. The van der Waals surface area contributed by atoms with Crippen molar-refractivity contribution in [2.75, 3.05) is 0 Å². The number of hydrogen-bond acceptors (Lipinski definition) is 3. The van der Waals surface area contributed by atoms with E-state index in [1.807, 2.05) is 37.3 Å². The molecule has 0 atom stereocenters. The summed E-state index contributed by atoms with van der Waals surface area (Å²) < 4.78 is 0. The molecule has 0 bridgehead atoms. The molecule has 3 heteroatoms. The van der Waals surface area contributed by atoms with Gasteiger partial charge in [-0.05, 0) is 43.9 Å². The number of nitrogens with zero attached hydrogens (tertiary/aromatic N) is 1. The maximum Gasteiger partial charge on any atom is 0.365 e. The van der Waals surface area contributed by atoms with Gasteiger partial charge >= 0.3 is 5.97 Å². The van der Waals surface area contributed by atoms with E-state index in [-0.39, 0.29) is 0 Å². The molecule has 3 rings (SSSR count). The van der Waals surface area contributed by atoms with Gasteiger partial charge in [0.2, 0.25) is 0 Å². The number of carbonyl (C=O) groups is 1. The van der Waals surface area contributed by atoms with Crippen LogP contribution >= 0.6 is 0 Å². The number of hydrogen-bond donors (Lipinski definition) is 0. The fourth-order valence-electron chi connectivity index (χ4n) is 2.62. The van der Waals surface area contributed by atoms with Gasteiger partial charge in [0.05, 0.1) is 11.3 Å². The number of benzene rings is 2. The predicted octanol–water partition coefficient (Wildman–Crippen LogP) is 3.89. The average molecular weight is 279 g/mol. The maximum atomic E-state index is 12.0. The summed E-state index contributed by atoms with van der Waals surface area (Å²) in [5.41, 5.74) is 4.79. The van der Waals surface area contributed by atoms with Crippen LogP contribution in [-0.4, -0.2) is 11.7 Å². The molecule has 0 saturated carbocycles. The number of fused-ring (bicyclic) bond motifs is 1. The molecular formula is C18H17NO2. The lowest BCUT2D eigenvalue weighted by Crippen LogP contribution is -2.13. The Bertz CT molecular complexity index is 704. The Morgan fingerprint density at radius 1 is 1.10 bits per heavy atom. The minimum atomic E-state index is -0.408. The summed E-state index contributed by atoms with van der Waals surface area (Å²) in [6.07, 6.45) is 2.94. The fraction of sp³-hybridized carbons (Fsp3) is 0.222. The molecule has 0 saturated heterocycles. The summed E-state index contributed by atoms with van der Waals surface area (Å²) in [4.78, 5) is 17.2. The zero-order valence-electron chi connectivity index (χ0n) is 12.0. The van der Waals surface area contributed by atoms with E-state index in [4.69, 9.17) is 4.84 Å². The molecule has 21 heavy (non-hydrogen) atoms. The molecule has 0 N–H and O–H groups in total. The number of rotatable bonds is 2. The SMILES string of the molecule is Cc1cccc(C(=O)O/N=C2/CCCc3ccccc32)c1. The molecule has 1 aliphatic carbocycles. The third kappa shape index (κ3) is 3.02. The van der Waals surface area contributed by atoms with E-state index in [1.165, 1.54) is 5.56 Å². The van der Waals surface area contributed by atoms with Gasteiger partial charge in [-0.1, -0.05) is 47.1 Å². The third-order valence-corrected chi connectivity index (χ3v) is 3.68. The number of carbonyl (C=O) groups excluding carboxylic acids is 1. The molecule has 0 aliphatic heterocycles. The van der Waals surface area contributed by atoms with Crippen LogP contribution in [0.1, 0.15) is 39.9 Å². The molecule has 0 amide bonds. The maximum absolute atomic E-state index is 12.0. The van der Waals surface area contributed by atoms with Crippen molar-refractivity contribution in [1.82, 2.24) is 0 Å². The molecule has 0 aromatic heterocycles. The second-order valence-corrected chi connectivity index (χ2v) is 5.30. The molecule has 3 nitrogen and oxygen atoms in total. The molecule has 2 aromatic carbocycles. The van der Waals surface area contributed by atoms with Gasteiger partial charge in [-0.25, -0.2) is 4.79 Å². The first kappa shape index (κ1) is 13.6. The van der Waals surface area contributed by atoms with Crippen LogP contribution < -0.4 is 0 Å². The van der Waals surface area contributed by atoms with Crippen LogP contribution in [0.5, 0.6) is 0 Å². The van der Waals surface area contributed by atoms with E-state index in [1.54, 1.807) is 12.1 Å². The molecule has 1 aliphatic rings.